The molecule has 0 saturated carbocycles. The summed E-state index contributed by atoms with van der Waals surface area (Å²) in [6, 6.07) is 0. The monoisotopic (exact) mass is 839 g/mol. The quantitative estimate of drug-likeness (QED) is 0.0347. The average Bonchev–Trinajstić information content (AvgIpc) is 3.25. The van der Waals surface area contributed by atoms with E-state index in [0.717, 1.165) is 51.4 Å². The van der Waals surface area contributed by atoms with Crippen LogP contribution in [0, 0.1) is 0 Å². The van der Waals surface area contributed by atoms with Crippen LogP contribution in [0.4, 0.5) is 0 Å². The number of allylic oxidation sites excluding steroid dienone is 10. The summed E-state index contributed by atoms with van der Waals surface area (Å²) in [5.41, 5.74) is 0. The number of esters is 2. The number of carbonyl (C=O) groups is 2. The van der Waals surface area contributed by atoms with E-state index in [1.54, 1.807) is 0 Å². The van der Waals surface area contributed by atoms with Gasteiger partial charge in [-0.25, -0.2) is 0 Å². The molecule has 0 aromatic heterocycles. The minimum Gasteiger partial charge on any atom is -0.462 e. The van der Waals surface area contributed by atoms with Gasteiger partial charge in [0.2, 0.25) is 0 Å². The van der Waals surface area contributed by atoms with E-state index in [1.807, 2.05) is 6.08 Å². The second-order valence-corrected chi connectivity index (χ2v) is 17.0. The second kappa shape index (κ2) is 51.0. The predicted molar refractivity (Wildman–Crippen MR) is 261 cm³/mol. The highest BCUT2D eigenvalue weighted by molar-refractivity contribution is 5.70. The Labute approximate surface area is 373 Å². The van der Waals surface area contributed by atoms with Crippen molar-refractivity contribution in [3.05, 3.63) is 60.8 Å². The molecule has 0 aromatic carbocycles. The van der Waals surface area contributed by atoms with Gasteiger partial charge in [0.15, 0.2) is 6.10 Å². The van der Waals surface area contributed by atoms with E-state index in [1.165, 1.54) is 161 Å². The zero-order valence-electron chi connectivity index (χ0n) is 40.0. The Morgan fingerprint density at radius 3 is 1.27 bits per heavy atom. The van der Waals surface area contributed by atoms with Crippen molar-refractivity contribution < 1.29 is 23.8 Å². The molecule has 0 rings (SSSR count). The molecule has 0 bridgehead atoms. The van der Waals surface area contributed by atoms with Crippen LogP contribution in [0.25, 0.3) is 0 Å². The van der Waals surface area contributed by atoms with Crippen molar-refractivity contribution in [2.24, 2.45) is 0 Å². The van der Waals surface area contributed by atoms with Crippen LogP contribution < -0.4 is 0 Å². The summed E-state index contributed by atoms with van der Waals surface area (Å²) in [4.78, 5) is 25.3. The van der Waals surface area contributed by atoms with Gasteiger partial charge in [0.25, 0.3) is 0 Å². The molecule has 0 aromatic rings. The lowest BCUT2D eigenvalue weighted by atomic mass is 10.0. The SMILES string of the molecule is CC/C=C\C/C=C\C/C=C\C/C=C\CCC(=O)OC(COCCCCCCCC/C=C\CCCCCCCC)COC(=O)CCCCCCCCCCCCCCCCC. The summed E-state index contributed by atoms with van der Waals surface area (Å²) in [5, 5.41) is 0. The van der Waals surface area contributed by atoms with Crippen LogP contribution >= 0.6 is 0 Å². The van der Waals surface area contributed by atoms with Gasteiger partial charge in [-0.3, -0.25) is 9.59 Å². The minimum absolute atomic E-state index is 0.0562. The summed E-state index contributed by atoms with van der Waals surface area (Å²) in [5.74, 6) is -0.486. The number of ether oxygens (including phenoxy) is 3. The van der Waals surface area contributed by atoms with Crippen molar-refractivity contribution in [3.63, 3.8) is 0 Å². The molecule has 0 saturated heterocycles. The third kappa shape index (κ3) is 48.3. The molecule has 348 valence electrons. The first-order chi connectivity index (χ1) is 29.6. The summed E-state index contributed by atoms with van der Waals surface area (Å²) in [7, 11) is 0. The van der Waals surface area contributed by atoms with Gasteiger partial charge < -0.3 is 14.2 Å². The van der Waals surface area contributed by atoms with Crippen LogP contribution in [0.2, 0.25) is 0 Å². The second-order valence-electron chi connectivity index (χ2n) is 17.0. The van der Waals surface area contributed by atoms with E-state index < -0.39 is 6.10 Å². The van der Waals surface area contributed by atoms with Crippen molar-refractivity contribution >= 4 is 11.9 Å². The zero-order chi connectivity index (χ0) is 43.5. The van der Waals surface area contributed by atoms with E-state index in [4.69, 9.17) is 14.2 Å². The fourth-order valence-corrected chi connectivity index (χ4v) is 7.22. The lowest BCUT2D eigenvalue weighted by Gasteiger charge is -2.18. The fourth-order valence-electron chi connectivity index (χ4n) is 7.22. The molecular formula is C55H98O5. The van der Waals surface area contributed by atoms with E-state index in [0.29, 0.717) is 25.9 Å². The van der Waals surface area contributed by atoms with Gasteiger partial charge in [-0.1, -0.05) is 229 Å². The standard InChI is InChI=1S/C55H98O5/c1-4-7-10-13-16-19-22-25-27-29-32-35-38-41-44-47-50-58-51-53(60-55(57)49-46-43-40-37-34-30-24-21-18-15-12-9-6-3)52-59-54(56)48-45-42-39-36-33-31-28-26-23-20-17-14-11-8-5-2/h9,12,18,21,25,27,30,34,40,43,53H,4-8,10-11,13-17,19-20,22-24,26,28-29,31-33,35-39,41-42,44-52H2,1-3H3/b12-9-,21-18-,27-25-,34-30-,43-40-. The van der Waals surface area contributed by atoms with Crippen molar-refractivity contribution in [1.29, 1.82) is 0 Å². The summed E-state index contributed by atoms with van der Waals surface area (Å²) >= 11 is 0. The highest BCUT2D eigenvalue weighted by atomic mass is 16.6. The molecule has 0 heterocycles. The molecule has 0 aliphatic heterocycles. The molecule has 5 heteroatoms. The Bertz CT molecular complexity index is 1040. The summed E-state index contributed by atoms with van der Waals surface area (Å²) in [6.07, 6.45) is 63.9. The maximum absolute atomic E-state index is 12.7. The molecule has 0 spiro atoms. The van der Waals surface area contributed by atoms with Crippen LogP contribution in [0.5, 0.6) is 0 Å². The molecule has 60 heavy (non-hydrogen) atoms. The summed E-state index contributed by atoms with van der Waals surface area (Å²) in [6.45, 7) is 7.64. The Morgan fingerprint density at radius 2 is 0.783 bits per heavy atom. The van der Waals surface area contributed by atoms with Gasteiger partial charge in [-0.2, -0.15) is 0 Å². The maximum atomic E-state index is 12.7. The van der Waals surface area contributed by atoms with E-state index in [9.17, 15) is 9.59 Å². The number of rotatable bonds is 47. The molecular weight excluding hydrogens is 741 g/mol. The predicted octanol–water partition coefficient (Wildman–Crippen LogP) is 17.3. The fraction of sp³-hybridized carbons (Fsp3) is 0.782. The van der Waals surface area contributed by atoms with E-state index in [-0.39, 0.29) is 25.2 Å². The number of unbranched alkanes of at least 4 members (excludes halogenated alkanes) is 26. The first-order valence-electron chi connectivity index (χ1n) is 25.8. The van der Waals surface area contributed by atoms with Crippen LogP contribution in [-0.4, -0.2) is 37.9 Å². The number of carbonyl (C=O) groups excluding carboxylic acids is 2. The minimum atomic E-state index is -0.575. The van der Waals surface area contributed by atoms with Gasteiger partial charge in [-0.15, -0.1) is 0 Å². The van der Waals surface area contributed by atoms with Gasteiger partial charge in [0.1, 0.15) is 6.61 Å². The van der Waals surface area contributed by atoms with Crippen molar-refractivity contribution in [2.75, 3.05) is 19.8 Å². The Hall–Kier alpha value is -2.40. The third-order valence-electron chi connectivity index (χ3n) is 11.1. The van der Waals surface area contributed by atoms with Crippen LogP contribution in [0.3, 0.4) is 0 Å². The van der Waals surface area contributed by atoms with E-state index >= 15 is 0 Å². The van der Waals surface area contributed by atoms with E-state index in [2.05, 4.69) is 75.5 Å². The van der Waals surface area contributed by atoms with Crippen LogP contribution in [0.15, 0.2) is 60.8 Å². The smallest absolute Gasteiger partial charge is 0.306 e. The van der Waals surface area contributed by atoms with Crippen LogP contribution in [0.1, 0.15) is 252 Å². The molecule has 0 amide bonds. The van der Waals surface area contributed by atoms with Crippen molar-refractivity contribution in [2.45, 2.75) is 258 Å². The average molecular weight is 839 g/mol. The normalized spacial score (nSPS) is 12.7. The highest BCUT2D eigenvalue weighted by Gasteiger charge is 2.17. The lowest BCUT2D eigenvalue weighted by molar-refractivity contribution is -0.162. The molecule has 0 N–H and O–H groups in total. The Balaban J connectivity index is 4.32. The topological polar surface area (TPSA) is 61.8 Å². The van der Waals surface area contributed by atoms with Gasteiger partial charge in [-0.05, 0) is 70.6 Å². The van der Waals surface area contributed by atoms with Gasteiger partial charge in [0, 0.05) is 19.4 Å². The lowest BCUT2D eigenvalue weighted by Crippen LogP contribution is -2.30. The highest BCUT2D eigenvalue weighted by Crippen LogP contribution is 2.15. The Morgan fingerprint density at radius 1 is 0.383 bits per heavy atom. The van der Waals surface area contributed by atoms with Crippen molar-refractivity contribution in [3.8, 4) is 0 Å². The molecule has 1 unspecified atom stereocenters. The molecule has 0 aliphatic carbocycles. The van der Waals surface area contributed by atoms with Gasteiger partial charge in [0.05, 0.1) is 6.61 Å². The molecule has 5 nitrogen and oxygen atoms in total. The summed E-state index contributed by atoms with van der Waals surface area (Å²) < 4.78 is 17.3. The number of hydrogen-bond donors (Lipinski definition) is 0. The largest absolute Gasteiger partial charge is 0.462 e. The molecule has 1 atom stereocenters. The Kier molecular flexibility index (Phi) is 48.9. The maximum Gasteiger partial charge on any atom is 0.306 e. The first kappa shape index (κ1) is 57.6. The zero-order valence-corrected chi connectivity index (χ0v) is 40.0. The third-order valence-corrected chi connectivity index (χ3v) is 11.1. The molecule has 0 aliphatic rings. The van der Waals surface area contributed by atoms with Crippen LogP contribution in [-0.2, 0) is 23.8 Å². The molecule has 0 radical (unpaired) electrons. The number of hydrogen-bond acceptors (Lipinski definition) is 5. The van der Waals surface area contributed by atoms with Gasteiger partial charge >= 0.3 is 11.9 Å². The first-order valence-corrected chi connectivity index (χ1v) is 25.8. The van der Waals surface area contributed by atoms with Crippen molar-refractivity contribution in [1.82, 2.24) is 0 Å². The molecule has 0 fully saturated rings.